The molecule has 0 N–H and O–H groups in total. The van der Waals surface area contributed by atoms with Crippen LogP contribution in [0.3, 0.4) is 0 Å². The number of hydrogen-bond acceptors (Lipinski definition) is 5. The Balaban J connectivity index is 3.81. The zero-order valence-corrected chi connectivity index (χ0v) is 19.5. The van der Waals surface area contributed by atoms with Crippen LogP contribution in [0.15, 0.2) is 0 Å². The zero-order valence-electron chi connectivity index (χ0n) is 17.0. The highest BCUT2D eigenvalue weighted by Crippen LogP contribution is 2.38. The number of nitrogens with zero attached hydrogens (tertiary/aromatic N) is 2. The van der Waals surface area contributed by atoms with Crippen molar-refractivity contribution < 1.29 is 0 Å². The van der Waals surface area contributed by atoms with Gasteiger partial charge in [-0.3, -0.25) is 0 Å². The van der Waals surface area contributed by atoms with Gasteiger partial charge >= 0.3 is 0 Å². The van der Waals surface area contributed by atoms with Crippen LogP contribution in [0.5, 0.6) is 0 Å². The molecular formula is C21H38N2S3. The van der Waals surface area contributed by atoms with Crippen molar-refractivity contribution in [3.8, 4) is 12.1 Å². The molecule has 0 saturated heterocycles. The minimum Gasteiger partial charge on any atom is -0.198 e. The molecule has 0 fully saturated rings. The third-order valence-electron chi connectivity index (χ3n) is 4.24. The molecule has 0 radical (unpaired) electrons. The number of thioether (sulfide) groups is 3. The van der Waals surface area contributed by atoms with Crippen molar-refractivity contribution in [1.82, 2.24) is 0 Å². The van der Waals surface area contributed by atoms with E-state index in [-0.39, 0.29) is 11.2 Å². The molecule has 150 valence electrons. The molecular weight excluding hydrogens is 376 g/mol. The molecule has 0 amide bonds. The number of hydrogen-bond donors (Lipinski definition) is 0. The summed E-state index contributed by atoms with van der Waals surface area (Å²) in [6, 6.07) is 4.71. The molecule has 0 aromatic carbocycles. The van der Waals surface area contributed by atoms with E-state index in [1.54, 1.807) is 11.8 Å². The molecule has 5 heteroatoms. The lowest BCUT2D eigenvalue weighted by molar-refractivity contribution is 0.563. The SMILES string of the molecule is CCCCCCCCCCCCSC(SCC(C)C#N)SC(C#N)CC. The van der Waals surface area contributed by atoms with Crippen molar-refractivity contribution in [2.45, 2.75) is 101 Å². The molecule has 0 spiro atoms. The third-order valence-corrected chi connectivity index (χ3v) is 9.29. The summed E-state index contributed by atoms with van der Waals surface area (Å²) in [6.07, 6.45) is 14.6. The summed E-state index contributed by atoms with van der Waals surface area (Å²) >= 11 is 5.60. The van der Waals surface area contributed by atoms with Crippen LogP contribution in [-0.2, 0) is 0 Å². The van der Waals surface area contributed by atoms with Crippen LogP contribution in [-0.4, -0.2) is 20.7 Å². The smallest absolute Gasteiger partial charge is 0.0969 e. The van der Waals surface area contributed by atoms with Gasteiger partial charge in [-0.05, 0) is 25.5 Å². The quantitative estimate of drug-likeness (QED) is 0.169. The number of nitriles is 2. The van der Waals surface area contributed by atoms with Gasteiger partial charge in [0, 0.05) is 5.75 Å². The van der Waals surface area contributed by atoms with E-state index in [0.717, 1.165) is 12.2 Å². The Morgan fingerprint density at radius 2 is 1.35 bits per heavy atom. The Labute approximate surface area is 175 Å². The topological polar surface area (TPSA) is 47.6 Å². The van der Waals surface area contributed by atoms with E-state index in [1.807, 2.05) is 30.4 Å². The maximum absolute atomic E-state index is 9.22. The lowest BCUT2D eigenvalue weighted by Gasteiger charge is -2.18. The predicted octanol–water partition coefficient (Wildman–Crippen LogP) is 7.85. The van der Waals surface area contributed by atoms with E-state index in [0.29, 0.717) is 3.91 Å². The second kappa shape index (κ2) is 19.8. The molecule has 3 atom stereocenters. The van der Waals surface area contributed by atoms with E-state index in [2.05, 4.69) is 26.0 Å². The predicted molar refractivity (Wildman–Crippen MR) is 123 cm³/mol. The first-order valence-corrected chi connectivity index (χ1v) is 13.4. The van der Waals surface area contributed by atoms with Gasteiger partial charge in [-0.2, -0.15) is 10.5 Å². The average Bonchev–Trinajstić information content (AvgIpc) is 2.67. The average molecular weight is 415 g/mol. The standard InChI is InChI=1S/C21H38N2S3/c1-4-6-7-8-9-10-11-12-13-14-15-24-21(25-18-19(3)16-22)26-20(5-2)17-23/h19-21H,4-15,18H2,1-3H3. The van der Waals surface area contributed by atoms with Crippen molar-refractivity contribution in [1.29, 1.82) is 10.5 Å². The minimum atomic E-state index is 0.0742. The first-order valence-electron chi connectivity index (χ1n) is 10.4. The second-order valence-electron chi connectivity index (χ2n) is 6.87. The Kier molecular flexibility index (Phi) is 19.8. The molecule has 0 aliphatic heterocycles. The lowest BCUT2D eigenvalue weighted by atomic mass is 10.1. The van der Waals surface area contributed by atoms with Crippen LogP contribution in [0.2, 0.25) is 0 Å². The minimum absolute atomic E-state index is 0.0742. The van der Waals surface area contributed by atoms with Gasteiger partial charge in [0.2, 0.25) is 0 Å². The van der Waals surface area contributed by atoms with E-state index in [9.17, 15) is 5.26 Å². The van der Waals surface area contributed by atoms with E-state index >= 15 is 0 Å². The second-order valence-corrected chi connectivity index (χ2v) is 11.4. The molecule has 0 saturated carbocycles. The van der Waals surface area contributed by atoms with Gasteiger partial charge in [-0.1, -0.05) is 71.6 Å². The molecule has 0 aliphatic rings. The molecule has 0 aliphatic carbocycles. The summed E-state index contributed by atoms with van der Waals surface area (Å²) in [5, 5.41) is 18.3. The van der Waals surface area contributed by atoms with Crippen molar-refractivity contribution in [3.63, 3.8) is 0 Å². The molecule has 3 unspecified atom stereocenters. The molecule has 26 heavy (non-hydrogen) atoms. The largest absolute Gasteiger partial charge is 0.198 e. The maximum Gasteiger partial charge on any atom is 0.0969 e. The van der Waals surface area contributed by atoms with E-state index < -0.39 is 0 Å². The fourth-order valence-corrected chi connectivity index (χ4v) is 6.98. The van der Waals surface area contributed by atoms with Crippen molar-refractivity contribution >= 4 is 35.3 Å². The fourth-order valence-electron chi connectivity index (χ4n) is 2.51. The van der Waals surface area contributed by atoms with Crippen LogP contribution in [0.25, 0.3) is 0 Å². The summed E-state index contributed by atoms with van der Waals surface area (Å²) in [4.78, 5) is 0. The Morgan fingerprint density at radius 3 is 1.85 bits per heavy atom. The summed E-state index contributed by atoms with van der Waals surface area (Å²) < 4.78 is 0.383. The van der Waals surface area contributed by atoms with Gasteiger partial charge in [0.1, 0.15) is 0 Å². The highest BCUT2D eigenvalue weighted by atomic mass is 32.3. The number of unbranched alkanes of at least 4 members (excludes halogenated alkanes) is 9. The van der Waals surface area contributed by atoms with Crippen molar-refractivity contribution in [2.75, 3.05) is 11.5 Å². The Hall–Kier alpha value is 0.0300. The van der Waals surface area contributed by atoms with Gasteiger partial charge in [0.05, 0.1) is 27.2 Å². The van der Waals surface area contributed by atoms with Crippen LogP contribution in [0, 0.1) is 28.6 Å². The molecule has 0 aromatic heterocycles. The van der Waals surface area contributed by atoms with Gasteiger partial charge in [0.15, 0.2) is 0 Å². The van der Waals surface area contributed by atoms with Crippen LogP contribution < -0.4 is 0 Å². The highest BCUT2D eigenvalue weighted by molar-refractivity contribution is 8.32. The lowest BCUT2D eigenvalue weighted by Crippen LogP contribution is -2.06. The van der Waals surface area contributed by atoms with Crippen molar-refractivity contribution in [3.05, 3.63) is 0 Å². The Morgan fingerprint density at radius 1 is 0.769 bits per heavy atom. The molecule has 0 aromatic rings. The summed E-state index contributed by atoms with van der Waals surface area (Å²) in [5.41, 5.74) is 0. The summed E-state index contributed by atoms with van der Waals surface area (Å²) in [6.45, 7) is 6.32. The van der Waals surface area contributed by atoms with E-state index in [4.69, 9.17) is 5.26 Å². The van der Waals surface area contributed by atoms with Crippen LogP contribution in [0.4, 0.5) is 0 Å². The maximum atomic E-state index is 9.22. The monoisotopic (exact) mass is 414 g/mol. The highest BCUT2D eigenvalue weighted by Gasteiger charge is 2.17. The van der Waals surface area contributed by atoms with Crippen LogP contribution in [0.1, 0.15) is 91.4 Å². The van der Waals surface area contributed by atoms with Gasteiger partial charge in [-0.15, -0.1) is 35.3 Å². The van der Waals surface area contributed by atoms with Gasteiger partial charge in [0.25, 0.3) is 0 Å². The summed E-state index contributed by atoms with van der Waals surface area (Å²) in [5.74, 6) is 2.12. The van der Waals surface area contributed by atoms with Gasteiger partial charge in [-0.25, -0.2) is 0 Å². The third kappa shape index (κ3) is 16.2. The fraction of sp³-hybridized carbons (Fsp3) is 0.905. The molecule has 0 bridgehead atoms. The van der Waals surface area contributed by atoms with Crippen molar-refractivity contribution in [2.24, 2.45) is 5.92 Å². The van der Waals surface area contributed by atoms with Crippen LogP contribution >= 0.6 is 35.3 Å². The number of rotatable bonds is 18. The zero-order chi connectivity index (χ0) is 19.5. The Bertz CT molecular complexity index is 390. The van der Waals surface area contributed by atoms with Gasteiger partial charge < -0.3 is 0 Å². The van der Waals surface area contributed by atoms with E-state index in [1.165, 1.54) is 70.0 Å². The molecule has 0 rings (SSSR count). The molecule has 0 heterocycles. The summed E-state index contributed by atoms with van der Waals surface area (Å²) in [7, 11) is 0. The first-order chi connectivity index (χ1) is 12.7. The first kappa shape index (κ1) is 26.0. The molecule has 2 nitrogen and oxygen atoms in total. The normalized spacial score (nSPS) is 14.3.